The van der Waals surface area contributed by atoms with Crippen LogP contribution in [-0.4, -0.2) is 59.0 Å². The number of rotatable bonds is 1. The van der Waals surface area contributed by atoms with E-state index < -0.39 is 7.81 Å². The maximum atomic E-state index is 9.87. The summed E-state index contributed by atoms with van der Waals surface area (Å²) in [7, 11) is -3.33. The van der Waals surface area contributed by atoms with Crippen LogP contribution in [0, 0.1) is 0 Å². The number of amidine groups is 1. The van der Waals surface area contributed by atoms with Crippen LogP contribution in [0.15, 0.2) is 24.3 Å². The van der Waals surface area contributed by atoms with Crippen molar-refractivity contribution in [2.75, 3.05) is 28.3 Å². The van der Waals surface area contributed by atoms with Gasteiger partial charge in [-0.1, -0.05) is 17.2 Å². The van der Waals surface area contributed by atoms with Crippen LogP contribution in [-0.2, 0) is 4.74 Å². The van der Waals surface area contributed by atoms with Gasteiger partial charge in [0.25, 0.3) is 0 Å². The van der Waals surface area contributed by atoms with Crippen LogP contribution in [0.5, 0.6) is 0 Å². The molecule has 138 valence electrons. The number of hydrogen-bond donors (Lipinski definition) is 0. The molecule has 0 radical (unpaired) electrons. The van der Waals surface area contributed by atoms with Crippen molar-refractivity contribution in [3.05, 3.63) is 24.3 Å². The Morgan fingerprint density at radius 2 is 1.62 bits per heavy atom. The van der Waals surface area contributed by atoms with Crippen molar-refractivity contribution in [3.63, 3.8) is 0 Å². The number of halogens is 6. The quantitative estimate of drug-likeness (QED) is 0.249. The van der Waals surface area contributed by atoms with Crippen LogP contribution in [0.2, 0.25) is 0 Å². The molecular formula is C11H16F6N5OP. The molecule has 0 bridgehead atoms. The van der Waals surface area contributed by atoms with Gasteiger partial charge in [0.2, 0.25) is 0 Å². The second kappa shape index (κ2) is 5.76. The van der Waals surface area contributed by atoms with Crippen LogP contribution in [0.1, 0.15) is 0 Å². The average molecular weight is 379 g/mol. The van der Waals surface area contributed by atoms with Gasteiger partial charge in [0.1, 0.15) is 16.2 Å². The molecule has 0 amide bonds. The summed E-state index contributed by atoms with van der Waals surface area (Å²) in [6.07, 6.45) is 0. The van der Waals surface area contributed by atoms with Crippen molar-refractivity contribution in [2.45, 2.75) is 0 Å². The van der Waals surface area contributed by atoms with Crippen LogP contribution < -0.4 is 0 Å². The number of para-hydroxylation sites is 1. The van der Waals surface area contributed by atoms with Gasteiger partial charge in [-0.2, -0.15) is 0 Å². The Bertz CT molecular complexity index is 743. The summed E-state index contributed by atoms with van der Waals surface area (Å²) < 4.78 is 66.3. The Kier molecular flexibility index (Phi) is 4.79. The zero-order valence-corrected chi connectivity index (χ0v) is 14.1. The molecule has 0 saturated carbocycles. The molecule has 2 aromatic rings. The van der Waals surface area contributed by atoms with E-state index in [0.29, 0.717) is 6.02 Å². The number of hydrogen-bond acceptors (Lipinski definition) is 3. The van der Waals surface area contributed by atoms with E-state index in [2.05, 4.69) is 10.3 Å². The molecule has 1 aromatic carbocycles. The molecule has 6 nitrogen and oxygen atoms in total. The van der Waals surface area contributed by atoms with Crippen molar-refractivity contribution < 1.29 is 34.6 Å². The molecule has 0 N–H and O–H groups in total. The fraction of sp³-hybridized carbons (Fsp3) is 0.364. The average Bonchev–Trinajstić information content (AvgIpc) is 2.78. The van der Waals surface area contributed by atoms with E-state index in [1.165, 1.54) is 0 Å². The molecule has 2 rings (SSSR count). The van der Waals surface area contributed by atoms with Gasteiger partial charge in [-0.25, -0.2) is 0 Å². The molecule has 0 atom stereocenters. The summed E-state index contributed by atoms with van der Waals surface area (Å²) >= 11 is 0. The Morgan fingerprint density at radius 1 is 1.12 bits per heavy atom. The van der Waals surface area contributed by atoms with E-state index in [1.54, 1.807) is 16.6 Å². The van der Waals surface area contributed by atoms with Crippen molar-refractivity contribution in [1.82, 2.24) is 20.0 Å². The minimum absolute atomic E-state index is 0.681. The van der Waals surface area contributed by atoms with Gasteiger partial charge in [0.15, 0.2) is 0 Å². The van der Waals surface area contributed by atoms with E-state index in [4.69, 9.17) is 4.74 Å². The molecule has 13 heteroatoms. The molecule has 0 unspecified atom stereocenters. The molecule has 0 aliphatic rings. The molecule has 0 aliphatic heterocycles. The first-order chi connectivity index (χ1) is 10.6. The van der Waals surface area contributed by atoms with E-state index in [0.717, 1.165) is 11.0 Å². The van der Waals surface area contributed by atoms with E-state index in [1.807, 2.05) is 50.3 Å². The summed E-state index contributed by atoms with van der Waals surface area (Å²) in [5.74, 6) is 0. The summed E-state index contributed by atoms with van der Waals surface area (Å²) in [6.45, 7) is 0. The van der Waals surface area contributed by atoms with Crippen molar-refractivity contribution >= 4 is 24.9 Å². The topological polar surface area (TPSA) is 46.2 Å². The molecule has 0 saturated heterocycles. The van der Waals surface area contributed by atoms with E-state index in [9.17, 15) is 25.2 Å². The number of ether oxygens (including phenoxy) is 1. The first kappa shape index (κ1) is 19.9. The Hall–Kier alpha value is -2.10. The predicted molar refractivity (Wildman–Crippen MR) is 78.4 cm³/mol. The Labute approximate surface area is 133 Å². The fourth-order valence-corrected chi connectivity index (χ4v) is 1.76. The van der Waals surface area contributed by atoms with Crippen LogP contribution in [0.3, 0.4) is 0 Å². The van der Waals surface area contributed by atoms with Crippen molar-refractivity contribution in [3.8, 4) is 0 Å². The monoisotopic (exact) mass is 379 g/mol. The minimum atomic E-state index is -10.7. The number of nitrogens with zero attached hydrogens (tertiary/aromatic N) is 5. The van der Waals surface area contributed by atoms with Gasteiger partial charge in [-0.3, -0.25) is 4.90 Å². The van der Waals surface area contributed by atoms with Crippen LogP contribution >= 0.6 is 7.81 Å². The van der Waals surface area contributed by atoms with Crippen LogP contribution in [0.25, 0.3) is 11.0 Å². The van der Waals surface area contributed by atoms with Gasteiger partial charge < -0.3 is 4.74 Å². The second-order valence-corrected chi connectivity index (χ2v) is 6.75. The summed E-state index contributed by atoms with van der Waals surface area (Å²) in [6, 6.07) is 8.47. The first-order valence-electron chi connectivity index (χ1n) is 6.29. The van der Waals surface area contributed by atoms with Gasteiger partial charge in [-0.15, -0.1) is 4.68 Å². The number of methoxy groups -OCH3 is 1. The molecule has 0 spiro atoms. The first-order valence-corrected chi connectivity index (χ1v) is 8.32. The normalized spacial score (nSPS) is 15.6. The number of aromatic nitrogens is 3. The number of fused-ring (bicyclic) bond motifs is 1. The van der Waals surface area contributed by atoms with Gasteiger partial charge in [0, 0.05) is 0 Å². The van der Waals surface area contributed by atoms with Crippen LogP contribution in [0.4, 0.5) is 25.2 Å². The zero-order valence-electron chi connectivity index (χ0n) is 13.2. The molecule has 24 heavy (non-hydrogen) atoms. The van der Waals surface area contributed by atoms with E-state index in [-0.39, 0.29) is 0 Å². The molecule has 0 fully saturated rings. The summed E-state index contributed by atoms with van der Waals surface area (Å²) in [4.78, 5) is 3.57. The molecule has 1 heterocycles. The van der Waals surface area contributed by atoms with Gasteiger partial charge >= 0.3 is 39.0 Å². The van der Waals surface area contributed by atoms with Gasteiger partial charge in [-0.05, 0) is 16.9 Å². The van der Waals surface area contributed by atoms with E-state index >= 15 is 0 Å². The molecule has 1 aromatic heterocycles. The van der Waals surface area contributed by atoms with Gasteiger partial charge in [0.05, 0.1) is 28.3 Å². The third kappa shape index (κ3) is 6.99. The summed E-state index contributed by atoms with van der Waals surface area (Å²) in [5.41, 5.74) is 1.79. The summed E-state index contributed by atoms with van der Waals surface area (Å²) in [5, 5.41) is 8.21. The zero-order chi connectivity index (χ0) is 18.8. The third-order valence-corrected chi connectivity index (χ3v) is 2.46. The predicted octanol–water partition coefficient (Wildman–Crippen LogP) is 3.78. The van der Waals surface area contributed by atoms with Crippen molar-refractivity contribution in [1.29, 1.82) is 0 Å². The molecule has 0 aliphatic carbocycles. The fourth-order valence-electron chi connectivity index (χ4n) is 1.76. The number of benzene rings is 1. The Balaban J connectivity index is 0.000000351. The second-order valence-electron chi connectivity index (χ2n) is 4.83. The third-order valence-electron chi connectivity index (χ3n) is 2.46. The maximum absolute atomic E-state index is 10.7. The standard InChI is InChI=1S/C11H16N5O.F6P/c1-14(2)11(17-4)15(3)16-10-8-6-5-7-9(10)12-13-16;1-7(2,3,4,5)6/h5-8H,1-4H3;/q+1;-1. The SMILES string of the molecule is COC(N(C)C)=[N+](C)n1nnc2ccccc21.F[P-](F)(F)(F)(F)F. The van der Waals surface area contributed by atoms with Crippen molar-refractivity contribution in [2.24, 2.45) is 0 Å². The molecular weight excluding hydrogens is 363 g/mol. The Morgan fingerprint density at radius 3 is 2.08 bits per heavy atom.